The highest BCUT2D eigenvalue weighted by Gasteiger charge is 2.19. The van der Waals surface area contributed by atoms with Gasteiger partial charge in [0.25, 0.3) is 5.69 Å². The van der Waals surface area contributed by atoms with Crippen LogP contribution in [0.1, 0.15) is 19.3 Å². The molecular formula is C15H18N4O2. The van der Waals surface area contributed by atoms with Crippen molar-refractivity contribution in [2.24, 2.45) is 0 Å². The first kappa shape index (κ1) is 13.8. The fourth-order valence-corrected chi connectivity index (χ4v) is 2.36. The Morgan fingerprint density at radius 3 is 2.90 bits per heavy atom. The van der Waals surface area contributed by atoms with Gasteiger partial charge < -0.3 is 10.6 Å². The predicted octanol–water partition coefficient (Wildman–Crippen LogP) is 2.70. The topological polar surface area (TPSA) is 80.1 Å². The van der Waals surface area contributed by atoms with Crippen LogP contribution in [0.15, 0.2) is 30.5 Å². The molecule has 1 saturated carbocycles. The predicted molar refractivity (Wildman–Crippen MR) is 82.5 cm³/mol. The summed E-state index contributed by atoms with van der Waals surface area (Å²) in [5, 5.41) is 18.6. The van der Waals surface area contributed by atoms with Gasteiger partial charge in [-0.3, -0.25) is 10.1 Å². The van der Waals surface area contributed by atoms with Gasteiger partial charge in [-0.1, -0.05) is 0 Å². The molecule has 1 fully saturated rings. The Labute approximate surface area is 122 Å². The van der Waals surface area contributed by atoms with Gasteiger partial charge in [0, 0.05) is 35.9 Å². The Balaban J connectivity index is 1.69. The summed E-state index contributed by atoms with van der Waals surface area (Å²) in [7, 11) is 0. The molecule has 0 spiro atoms. The van der Waals surface area contributed by atoms with Gasteiger partial charge in [-0.25, -0.2) is 4.98 Å². The highest BCUT2D eigenvalue weighted by molar-refractivity contribution is 5.96. The number of nitro benzene ring substituents is 1. The molecule has 3 rings (SSSR count). The van der Waals surface area contributed by atoms with Gasteiger partial charge in [0.05, 0.1) is 4.92 Å². The van der Waals surface area contributed by atoms with Crippen molar-refractivity contribution in [3.05, 3.63) is 40.6 Å². The molecule has 0 aliphatic heterocycles. The third kappa shape index (κ3) is 3.28. The van der Waals surface area contributed by atoms with E-state index in [0.717, 1.165) is 36.6 Å². The Morgan fingerprint density at radius 1 is 1.29 bits per heavy atom. The van der Waals surface area contributed by atoms with Gasteiger partial charge in [0.1, 0.15) is 5.52 Å². The third-order valence-corrected chi connectivity index (χ3v) is 3.62. The van der Waals surface area contributed by atoms with Crippen LogP contribution in [0, 0.1) is 10.1 Å². The molecule has 110 valence electrons. The Morgan fingerprint density at radius 2 is 2.14 bits per heavy atom. The average Bonchev–Trinajstić information content (AvgIpc) is 3.30. The monoisotopic (exact) mass is 286 g/mol. The van der Waals surface area contributed by atoms with Gasteiger partial charge in [-0.05, 0) is 44.0 Å². The lowest BCUT2D eigenvalue weighted by Crippen LogP contribution is -2.19. The molecule has 2 aromatic rings. The number of hydrogen-bond acceptors (Lipinski definition) is 5. The summed E-state index contributed by atoms with van der Waals surface area (Å²) in [5.41, 5.74) is 1.38. The lowest BCUT2D eigenvalue weighted by atomic mass is 10.1. The van der Waals surface area contributed by atoms with Gasteiger partial charge in [0.15, 0.2) is 0 Å². The fraction of sp³-hybridized carbons (Fsp3) is 0.400. The first-order valence-electron chi connectivity index (χ1n) is 7.25. The molecule has 6 heteroatoms. The number of nitro groups is 1. The van der Waals surface area contributed by atoms with E-state index in [1.165, 1.54) is 18.9 Å². The zero-order valence-corrected chi connectivity index (χ0v) is 11.7. The van der Waals surface area contributed by atoms with Crippen LogP contribution in [0.5, 0.6) is 0 Å². The van der Waals surface area contributed by atoms with Crippen LogP contribution in [-0.4, -0.2) is 29.0 Å². The number of fused-ring (bicyclic) bond motifs is 1. The van der Waals surface area contributed by atoms with Gasteiger partial charge in [0.2, 0.25) is 0 Å². The number of nitrogens with zero attached hydrogens (tertiary/aromatic N) is 2. The number of anilines is 1. The molecule has 0 atom stereocenters. The number of rotatable bonds is 7. The minimum atomic E-state index is -0.390. The zero-order chi connectivity index (χ0) is 14.7. The van der Waals surface area contributed by atoms with Crippen LogP contribution in [0.25, 0.3) is 10.9 Å². The maximum Gasteiger partial charge on any atom is 0.295 e. The summed E-state index contributed by atoms with van der Waals surface area (Å²) in [4.78, 5) is 14.8. The number of aromatic nitrogens is 1. The van der Waals surface area contributed by atoms with E-state index >= 15 is 0 Å². The molecule has 0 amide bonds. The molecule has 1 heterocycles. The van der Waals surface area contributed by atoms with Crippen LogP contribution in [0.4, 0.5) is 11.4 Å². The number of nitrogens with one attached hydrogen (secondary N) is 2. The number of non-ortho nitro benzene ring substituents is 1. The lowest BCUT2D eigenvalue weighted by Gasteiger charge is -2.10. The molecule has 0 saturated heterocycles. The average molecular weight is 286 g/mol. The Hall–Kier alpha value is -2.21. The maximum atomic E-state index is 11.0. The molecule has 6 nitrogen and oxygen atoms in total. The second kappa shape index (κ2) is 6.05. The molecule has 0 radical (unpaired) electrons. The van der Waals surface area contributed by atoms with E-state index in [9.17, 15) is 10.1 Å². The van der Waals surface area contributed by atoms with Crippen LogP contribution < -0.4 is 10.6 Å². The normalized spacial score (nSPS) is 14.3. The molecule has 0 bridgehead atoms. The first-order chi connectivity index (χ1) is 10.3. The number of benzene rings is 1. The first-order valence-corrected chi connectivity index (χ1v) is 7.25. The van der Waals surface area contributed by atoms with Crippen molar-refractivity contribution in [2.45, 2.75) is 25.3 Å². The van der Waals surface area contributed by atoms with Crippen LogP contribution in [0.2, 0.25) is 0 Å². The third-order valence-electron chi connectivity index (χ3n) is 3.62. The second-order valence-corrected chi connectivity index (χ2v) is 5.30. The van der Waals surface area contributed by atoms with E-state index in [2.05, 4.69) is 15.6 Å². The van der Waals surface area contributed by atoms with Crippen LogP contribution >= 0.6 is 0 Å². The van der Waals surface area contributed by atoms with Crippen LogP contribution in [-0.2, 0) is 0 Å². The molecule has 0 unspecified atom stereocenters. The lowest BCUT2D eigenvalue weighted by molar-refractivity contribution is -0.383. The molecule has 1 aliphatic rings. The summed E-state index contributed by atoms with van der Waals surface area (Å²) in [6.07, 6.45) is 5.20. The van der Waals surface area contributed by atoms with E-state index < -0.39 is 4.92 Å². The van der Waals surface area contributed by atoms with Gasteiger partial charge in [-0.15, -0.1) is 0 Å². The largest absolute Gasteiger partial charge is 0.384 e. The summed E-state index contributed by atoms with van der Waals surface area (Å²) in [6.45, 7) is 1.84. The van der Waals surface area contributed by atoms with Crippen molar-refractivity contribution in [1.82, 2.24) is 10.3 Å². The zero-order valence-electron chi connectivity index (χ0n) is 11.7. The van der Waals surface area contributed by atoms with E-state index in [1.54, 1.807) is 18.3 Å². The maximum absolute atomic E-state index is 11.0. The highest BCUT2D eigenvalue weighted by atomic mass is 16.6. The van der Waals surface area contributed by atoms with Crippen molar-refractivity contribution in [3.63, 3.8) is 0 Å². The van der Waals surface area contributed by atoms with Crippen molar-refractivity contribution in [2.75, 3.05) is 18.4 Å². The standard InChI is InChI=1S/C15H18N4O2/c20-19(21)14-7-6-13(12-3-1-8-18-15(12)14)17-10-2-9-16-11-4-5-11/h1,3,6-8,11,16-17H,2,4-5,9-10H2. The van der Waals surface area contributed by atoms with E-state index in [-0.39, 0.29) is 5.69 Å². The molecule has 2 N–H and O–H groups in total. The Kier molecular flexibility index (Phi) is 3.96. The molecular weight excluding hydrogens is 268 g/mol. The van der Waals surface area contributed by atoms with Crippen molar-refractivity contribution >= 4 is 22.3 Å². The van der Waals surface area contributed by atoms with E-state index in [4.69, 9.17) is 0 Å². The van der Waals surface area contributed by atoms with Crippen molar-refractivity contribution in [3.8, 4) is 0 Å². The molecule has 1 aliphatic carbocycles. The second-order valence-electron chi connectivity index (χ2n) is 5.30. The summed E-state index contributed by atoms with van der Waals surface area (Å²) in [5.74, 6) is 0. The summed E-state index contributed by atoms with van der Waals surface area (Å²) in [6, 6.07) is 7.66. The minimum absolute atomic E-state index is 0.0477. The SMILES string of the molecule is O=[N+]([O-])c1ccc(NCCCNC2CC2)c2cccnc12. The van der Waals surface area contributed by atoms with E-state index in [1.807, 2.05) is 6.07 Å². The van der Waals surface area contributed by atoms with E-state index in [0.29, 0.717) is 5.52 Å². The molecule has 1 aromatic carbocycles. The molecule has 1 aromatic heterocycles. The van der Waals surface area contributed by atoms with Gasteiger partial charge >= 0.3 is 0 Å². The van der Waals surface area contributed by atoms with Crippen molar-refractivity contribution < 1.29 is 4.92 Å². The van der Waals surface area contributed by atoms with Gasteiger partial charge in [-0.2, -0.15) is 0 Å². The summed E-state index contributed by atoms with van der Waals surface area (Å²) >= 11 is 0. The highest BCUT2D eigenvalue weighted by Crippen LogP contribution is 2.29. The smallest absolute Gasteiger partial charge is 0.295 e. The summed E-state index contributed by atoms with van der Waals surface area (Å²) < 4.78 is 0. The van der Waals surface area contributed by atoms with Crippen LogP contribution in [0.3, 0.4) is 0 Å². The van der Waals surface area contributed by atoms with Crippen molar-refractivity contribution in [1.29, 1.82) is 0 Å². The minimum Gasteiger partial charge on any atom is -0.384 e. The Bertz CT molecular complexity index is 655. The number of hydrogen-bond donors (Lipinski definition) is 2. The molecule has 21 heavy (non-hydrogen) atoms. The fourth-order valence-electron chi connectivity index (χ4n) is 2.36. The quantitative estimate of drug-likeness (QED) is 0.465. The number of pyridine rings is 1.